The predicted octanol–water partition coefficient (Wildman–Crippen LogP) is 3.43. The fourth-order valence-electron chi connectivity index (χ4n) is 1.92. The van der Waals surface area contributed by atoms with E-state index in [1.165, 1.54) is 5.56 Å². The Morgan fingerprint density at radius 1 is 1.00 bits per heavy atom. The lowest BCUT2D eigenvalue weighted by Crippen LogP contribution is -2.11. The molecule has 0 aliphatic rings. The molecule has 1 aromatic heterocycles. The molecule has 2 aromatic rings. The third-order valence-corrected chi connectivity index (χ3v) is 2.93. The van der Waals surface area contributed by atoms with Gasteiger partial charge in [0.15, 0.2) is 0 Å². The first-order chi connectivity index (χ1) is 9.34. The average Bonchev–Trinajstić information content (AvgIpc) is 2.46. The summed E-state index contributed by atoms with van der Waals surface area (Å²) in [4.78, 5) is 15.6. The number of hydrogen-bond acceptors (Lipinski definition) is 2. The molecule has 0 spiro atoms. The van der Waals surface area contributed by atoms with Crippen LogP contribution in [0.2, 0.25) is 0 Å². The van der Waals surface area contributed by atoms with Gasteiger partial charge in [-0.2, -0.15) is 0 Å². The maximum absolute atomic E-state index is 11.7. The van der Waals surface area contributed by atoms with Gasteiger partial charge < -0.3 is 5.32 Å². The van der Waals surface area contributed by atoms with E-state index in [1.807, 2.05) is 18.2 Å². The molecule has 19 heavy (non-hydrogen) atoms. The van der Waals surface area contributed by atoms with Crippen molar-refractivity contribution in [3.63, 3.8) is 0 Å². The van der Waals surface area contributed by atoms with Gasteiger partial charge in [0.25, 0.3) is 0 Å². The minimum absolute atomic E-state index is 0.0688. The highest BCUT2D eigenvalue weighted by Gasteiger charge is 2.01. The lowest BCUT2D eigenvalue weighted by atomic mass is 10.1. The van der Waals surface area contributed by atoms with E-state index in [-0.39, 0.29) is 5.91 Å². The molecule has 0 saturated heterocycles. The van der Waals surface area contributed by atoms with Crippen molar-refractivity contribution in [3.05, 3.63) is 60.4 Å². The summed E-state index contributed by atoms with van der Waals surface area (Å²) in [7, 11) is 0. The molecule has 98 valence electrons. The molecule has 3 heteroatoms. The van der Waals surface area contributed by atoms with Crippen molar-refractivity contribution in [2.24, 2.45) is 0 Å². The van der Waals surface area contributed by atoms with Crippen molar-refractivity contribution in [3.8, 4) is 0 Å². The van der Waals surface area contributed by atoms with Gasteiger partial charge in [0, 0.05) is 24.5 Å². The van der Waals surface area contributed by atoms with Crippen molar-refractivity contribution >= 4 is 11.6 Å². The van der Waals surface area contributed by atoms with Gasteiger partial charge in [-0.3, -0.25) is 9.78 Å². The van der Waals surface area contributed by atoms with E-state index < -0.39 is 0 Å². The molecule has 1 heterocycles. The zero-order valence-electron chi connectivity index (χ0n) is 10.9. The topological polar surface area (TPSA) is 42.0 Å². The predicted molar refractivity (Wildman–Crippen MR) is 76.9 cm³/mol. The van der Waals surface area contributed by atoms with Gasteiger partial charge in [-0.15, -0.1) is 0 Å². The summed E-state index contributed by atoms with van der Waals surface area (Å²) in [6, 6.07) is 13.9. The average molecular weight is 254 g/mol. The monoisotopic (exact) mass is 254 g/mol. The Morgan fingerprint density at radius 2 is 1.74 bits per heavy atom. The molecule has 1 amide bonds. The van der Waals surface area contributed by atoms with Crippen LogP contribution in [0.15, 0.2) is 54.9 Å². The van der Waals surface area contributed by atoms with Crippen molar-refractivity contribution in [2.75, 3.05) is 5.32 Å². The van der Waals surface area contributed by atoms with Crippen LogP contribution >= 0.6 is 0 Å². The first-order valence-electron chi connectivity index (χ1n) is 6.58. The summed E-state index contributed by atoms with van der Waals surface area (Å²) in [5.41, 5.74) is 2.14. The lowest BCUT2D eigenvalue weighted by molar-refractivity contribution is -0.116. The molecule has 0 atom stereocenters. The minimum Gasteiger partial charge on any atom is -0.326 e. The van der Waals surface area contributed by atoms with Crippen molar-refractivity contribution in [2.45, 2.75) is 25.7 Å². The first kappa shape index (κ1) is 13.3. The van der Waals surface area contributed by atoms with E-state index in [9.17, 15) is 4.79 Å². The number of benzene rings is 1. The standard InChI is InChI=1S/C16H18N2O/c19-16(18-15-10-12-17-13-11-15)9-5-4-8-14-6-2-1-3-7-14/h1-3,6-7,10-13H,4-5,8-9H2,(H,17,18,19). The lowest BCUT2D eigenvalue weighted by Gasteiger charge is -2.04. The fourth-order valence-corrected chi connectivity index (χ4v) is 1.92. The number of nitrogens with one attached hydrogen (secondary N) is 1. The van der Waals surface area contributed by atoms with Crippen LogP contribution < -0.4 is 5.32 Å². The second kappa shape index (κ2) is 7.31. The molecule has 0 saturated carbocycles. The summed E-state index contributed by atoms with van der Waals surface area (Å²) in [5.74, 6) is 0.0688. The van der Waals surface area contributed by atoms with Gasteiger partial charge in [0.1, 0.15) is 0 Å². The van der Waals surface area contributed by atoms with Gasteiger partial charge in [-0.1, -0.05) is 30.3 Å². The van der Waals surface area contributed by atoms with Crippen LogP contribution in [0.1, 0.15) is 24.8 Å². The van der Waals surface area contributed by atoms with E-state index in [0.717, 1.165) is 24.9 Å². The van der Waals surface area contributed by atoms with Gasteiger partial charge in [-0.05, 0) is 37.0 Å². The Bertz CT molecular complexity index is 497. The van der Waals surface area contributed by atoms with Gasteiger partial charge in [0.05, 0.1) is 0 Å². The molecule has 0 fully saturated rings. The smallest absolute Gasteiger partial charge is 0.224 e. The van der Waals surface area contributed by atoms with Crippen LogP contribution in [0.3, 0.4) is 0 Å². The molecular weight excluding hydrogens is 236 g/mol. The second-order valence-electron chi connectivity index (χ2n) is 4.48. The van der Waals surface area contributed by atoms with E-state index in [4.69, 9.17) is 0 Å². The van der Waals surface area contributed by atoms with Crippen LogP contribution in [-0.4, -0.2) is 10.9 Å². The Hall–Kier alpha value is -2.16. The highest BCUT2D eigenvalue weighted by Crippen LogP contribution is 2.08. The molecule has 1 N–H and O–H groups in total. The maximum atomic E-state index is 11.7. The maximum Gasteiger partial charge on any atom is 0.224 e. The Balaban J connectivity index is 1.65. The molecule has 0 aliphatic carbocycles. The number of aryl methyl sites for hydroxylation is 1. The molecule has 0 aliphatic heterocycles. The number of hydrogen-bond donors (Lipinski definition) is 1. The van der Waals surface area contributed by atoms with Crippen LogP contribution in [0, 0.1) is 0 Å². The highest BCUT2D eigenvalue weighted by atomic mass is 16.1. The van der Waals surface area contributed by atoms with E-state index >= 15 is 0 Å². The van der Waals surface area contributed by atoms with Crippen molar-refractivity contribution in [1.82, 2.24) is 4.98 Å². The third kappa shape index (κ3) is 4.92. The SMILES string of the molecule is O=C(CCCCc1ccccc1)Nc1ccncc1. The summed E-state index contributed by atoms with van der Waals surface area (Å²) in [6.45, 7) is 0. The quantitative estimate of drug-likeness (QED) is 0.802. The van der Waals surface area contributed by atoms with E-state index in [1.54, 1.807) is 24.5 Å². The van der Waals surface area contributed by atoms with Crippen LogP contribution in [0.5, 0.6) is 0 Å². The Kier molecular flexibility index (Phi) is 5.11. The second-order valence-corrected chi connectivity index (χ2v) is 4.48. The minimum atomic E-state index is 0.0688. The normalized spacial score (nSPS) is 10.1. The molecular formula is C16H18N2O. The number of anilines is 1. The highest BCUT2D eigenvalue weighted by molar-refractivity contribution is 5.90. The van der Waals surface area contributed by atoms with Crippen LogP contribution in [0.25, 0.3) is 0 Å². The largest absolute Gasteiger partial charge is 0.326 e. The molecule has 0 unspecified atom stereocenters. The van der Waals surface area contributed by atoms with Crippen LogP contribution in [-0.2, 0) is 11.2 Å². The van der Waals surface area contributed by atoms with Crippen molar-refractivity contribution in [1.29, 1.82) is 0 Å². The Morgan fingerprint density at radius 3 is 2.47 bits per heavy atom. The zero-order valence-corrected chi connectivity index (χ0v) is 10.9. The molecule has 1 aromatic carbocycles. The molecule has 3 nitrogen and oxygen atoms in total. The summed E-state index contributed by atoms with van der Waals surface area (Å²) >= 11 is 0. The first-order valence-corrected chi connectivity index (χ1v) is 6.58. The van der Waals surface area contributed by atoms with E-state index in [2.05, 4.69) is 22.4 Å². The number of rotatable bonds is 6. The number of carbonyl (C=O) groups excluding carboxylic acids is 1. The Labute approximate surface area is 113 Å². The van der Waals surface area contributed by atoms with Crippen molar-refractivity contribution < 1.29 is 4.79 Å². The van der Waals surface area contributed by atoms with E-state index in [0.29, 0.717) is 6.42 Å². The number of carbonyl (C=O) groups is 1. The number of aromatic nitrogens is 1. The van der Waals surface area contributed by atoms with Crippen LogP contribution in [0.4, 0.5) is 5.69 Å². The fraction of sp³-hybridized carbons (Fsp3) is 0.250. The summed E-state index contributed by atoms with van der Waals surface area (Å²) in [5, 5.41) is 2.86. The number of unbranched alkanes of at least 4 members (excludes halogenated alkanes) is 1. The zero-order chi connectivity index (χ0) is 13.3. The molecule has 0 radical (unpaired) electrons. The third-order valence-electron chi connectivity index (χ3n) is 2.93. The summed E-state index contributed by atoms with van der Waals surface area (Å²) < 4.78 is 0. The number of nitrogens with zero attached hydrogens (tertiary/aromatic N) is 1. The number of amides is 1. The molecule has 0 bridgehead atoms. The number of pyridine rings is 1. The summed E-state index contributed by atoms with van der Waals surface area (Å²) in [6.07, 6.45) is 6.88. The van der Waals surface area contributed by atoms with Gasteiger partial charge in [0.2, 0.25) is 5.91 Å². The van der Waals surface area contributed by atoms with Gasteiger partial charge >= 0.3 is 0 Å². The molecule has 2 rings (SSSR count). The van der Waals surface area contributed by atoms with Gasteiger partial charge in [-0.25, -0.2) is 0 Å².